The van der Waals surface area contributed by atoms with E-state index in [4.69, 9.17) is 11.6 Å². The molecule has 1 rings (SSSR count). The first-order valence-electron chi connectivity index (χ1n) is 7.01. The van der Waals surface area contributed by atoms with Gasteiger partial charge in [0.15, 0.2) is 5.78 Å². The summed E-state index contributed by atoms with van der Waals surface area (Å²) in [7, 11) is 0. The lowest BCUT2D eigenvalue weighted by Crippen LogP contribution is -1.99. The van der Waals surface area contributed by atoms with Gasteiger partial charge < -0.3 is 0 Å². The average molecular weight is 294 g/mol. The fourth-order valence-electron chi connectivity index (χ4n) is 1.88. The Morgan fingerprint density at radius 1 is 1.30 bits per heavy atom. The van der Waals surface area contributed by atoms with E-state index in [0.717, 1.165) is 17.7 Å². The highest BCUT2D eigenvalue weighted by Crippen LogP contribution is 2.24. The van der Waals surface area contributed by atoms with Gasteiger partial charge in [0, 0.05) is 0 Å². The molecule has 1 heterocycles. The highest BCUT2D eigenvalue weighted by molar-refractivity contribution is 6.32. The summed E-state index contributed by atoms with van der Waals surface area (Å²) >= 11 is 6.03. The molecule has 0 unspecified atom stereocenters. The van der Waals surface area contributed by atoms with Gasteiger partial charge in [-0.1, -0.05) is 44.5 Å². The molecular weight excluding hydrogens is 270 g/mol. The minimum atomic E-state index is -0.0637. The Balaban J connectivity index is 0.00000172. The summed E-state index contributed by atoms with van der Waals surface area (Å²) in [5.41, 5.74) is 3.62. The van der Waals surface area contributed by atoms with Crippen LogP contribution in [-0.4, -0.2) is 10.8 Å². The van der Waals surface area contributed by atoms with Gasteiger partial charge in [0.2, 0.25) is 0 Å². The van der Waals surface area contributed by atoms with Gasteiger partial charge in [0.1, 0.15) is 5.15 Å². The van der Waals surface area contributed by atoms with Crippen molar-refractivity contribution in [2.24, 2.45) is 0 Å². The number of carbonyl (C=O) groups excluding carboxylic acids is 1. The Morgan fingerprint density at radius 3 is 2.30 bits per heavy atom. The van der Waals surface area contributed by atoms with Gasteiger partial charge in [-0.25, -0.2) is 4.98 Å². The van der Waals surface area contributed by atoms with E-state index in [1.54, 1.807) is 6.07 Å². The number of ketones is 1. The molecule has 2 nitrogen and oxygen atoms in total. The van der Waals surface area contributed by atoms with E-state index in [1.807, 2.05) is 45.9 Å². The maximum absolute atomic E-state index is 11.3. The van der Waals surface area contributed by atoms with Crippen LogP contribution in [0.15, 0.2) is 29.9 Å². The van der Waals surface area contributed by atoms with Crippen LogP contribution in [0.1, 0.15) is 64.0 Å². The Bertz CT molecular complexity index is 516. The molecule has 1 aromatic heterocycles. The van der Waals surface area contributed by atoms with Crippen LogP contribution in [0.4, 0.5) is 0 Å². The van der Waals surface area contributed by atoms with Gasteiger partial charge in [0.25, 0.3) is 0 Å². The lowest BCUT2D eigenvalue weighted by atomic mass is 10.0. The van der Waals surface area contributed by atoms with Crippen LogP contribution < -0.4 is 0 Å². The zero-order valence-corrected chi connectivity index (χ0v) is 14.0. The van der Waals surface area contributed by atoms with Gasteiger partial charge in [-0.2, -0.15) is 0 Å². The molecule has 0 N–H and O–H groups in total. The second kappa shape index (κ2) is 9.49. The standard InChI is InChI=1S/C15H18ClNO.C2H6/c1-5-7-10(3)12(6-2)14-9-8-13(11(4)18)15(16)17-14;1-2/h5,7-9H,6H2,1-4H3;1-2H3/b7-5-,12-10-;. The second-order valence-electron chi connectivity index (χ2n) is 4.11. The molecule has 0 amide bonds. The monoisotopic (exact) mass is 293 g/mol. The topological polar surface area (TPSA) is 30.0 Å². The van der Waals surface area contributed by atoms with Gasteiger partial charge in [-0.05, 0) is 50.5 Å². The van der Waals surface area contributed by atoms with Crippen molar-refractivity contribution >= 4 is 23.0 Å². The van der Waals surface area contributed by atoms with Crippen molar-refractivity contribution in [1.82, 2.24) is 4.98 Å². The van der Waals surface area contributed by atoms with Crippen molar-refractivity contribution < 1.29 is 4.79 Å². The summed E-state index contributed by atoms with van der Waals surface area (Å²) in [4.78, 5) is 15.6. The third kappa shape index (κ3) is 4.93. The first-order valence-corrected chi connectivity index (χ1v) is 7.39. The van der Waals surface area contributed by atoms with E-state index >= 15 is 0 Å². The Kier molecular flexibility index (Phi) is 8.82. The number of hydrogen-bond acceptors (Lipinski definition) is 2. The number of pyridine rings is 1. The fourth-order valence-corrected chi connectivity index (χ4v) is 2.16. The highest BCUT2D eigenvalue weighted by Gasteiger charge is 2.10. The number of aromatic nitrogens is 1. The molecule has 0 atom stereocenters. The molecule has 0 bridgehead atoms. The van der Waals surface area contributed by atoms with Crippen LogP contribution in [0.2, 0.25) is 5.15 Å². The van der Waals surface area contributed by atoms with Crippen molar-refractivity contribution in [1.29, 1.82) is 0 Å². The molecule has 0 spiro atoms. The van der Waals surface area contributed by atoms with Crippen molar-refractivity contribution in [3.05, 3.63) is 46.3 Å². The minimum absolute atomic E-state index is 0.0637. The lowest BCUT2D eigenvalue weighted by Gasteiger charge is -2.09. The summed E-state index contributed by atoms with van der Waals surface area (Å²) in [6.45, 7) is 11.6. The molecule has 0 saturated carbocycles. The third-order valence-corrected chi connectivity index (χ3v) is 3.07. The number of carbonyl (C=O) groups is 1. The molecule has 20 heavy (non-hydrogen) atoms. The zero-order valence-electron chi connectivity index (χ0n) is 13.2. The normalized spacial score (nSPS) is 11.8. The summed E-state index contributed by atoms with van der Waals surface area (Å²) in [6.07, 6.45) is 4.92. The number of allylic oxidation sites excluding steroid dienone is 4. The number of Topliss-reactive ketones (excluding diaryl/α,β-unsaturated/α-hetero) is 1. The Hall–Kier alpha value is -1.41. The fraction of sp³-hybridized carbons (Fsp3) is 0.412. The summed E-state index contributed by atoms with van der Waals surface area (Å²) in [5.74, 6) is -0.0637. The first kappa shape index (κ1) is 18.6. The van der Waals surface area contributed by atoms with E-state index in [2.05, 4.69) is 11.9 Å². The molecule has 0 radical (unpaired) electrons. The van der Waals surface area contributed by atoms with Crippen molar-refractivity contribution in [2.75, 3.05) is 0 Å². The van der Waals surface area contributed by atoms with E-state index in [9.17, 15) is 4.79 Å². The van der Waals surface area contributed by atoms with Crippen LogP contribution in [-0.2, 0) is 0 Å². The number of hydrogen-bond donors (Lipinski definition) is 0. The molecule has 0 aliphatic heterocycles. The zero-order chi connectivity index (χ0) is 15.7. The van der Waals surface area contributed by atoms with Crippen LogP contribution >= 0.6 is 11.6 Å². The molecule has 0 aliphatic carbocycles. The predicted molar refractivity (Wildman–Crippen MR) is 88.3 cm³/mol. The quantitative estimate of drug-likeness (QED) is 0.403. The van der Waals surface area contributed by atoms with Crippen LogP contribution in [0, 0.1) is 0 Å². The van der Waals surface area contributed by atoms with Crippen LogP contribution in [0.5, 0.6) is 0 Å². The van der Waals surface area contributed by atoms with Gasteiger partial charge in [-0.15, -0.1) is 0 Å². The maximum Gasteiger partial charge on any atom is 0.162 e. The molecule has 110 valence electrons. The van der Waals surface area contributed by atoms with Gasteiger partial charge in [0.05, 0.1) is 11.3 Å². The van der Waals surface area contributed by atoms with Crippen LogP contribution in [0.3, 0.4) is 0 Å². The number of halogens is 1. The van der Waals surface area contributed by atoms with E-state index in [-0.39, 0.29) is 10.9 Å². The molecule has 0 fully saturated rings. The number of rotatable bonds is 4. The van der Waals surface area contributed by atoms with Gasteiger partial charge in [-0.3, -0.25) is 4.79 Å². The molecule has 0 aliphatic rings. The smallest absolute Gasteiger partial charge is 0.162 e. The molecule has 0 aromatic carbocycles. The van der Waals surface area contributed by atoms with Crippen molar-refractivity contribution in [3.63, 3.8) is 0 Å². The summed E-state index contributed by atoms with van der Waals surface area (Å²) in [6, 6.07) is 3.60. The summed E-state index contributed by atoms with van der Waals surface area (Å²) < 4.78 is 0. The van der Waals surface area contributed by atoms with Gasteiger partial charge >= 0.3 is 0 Å². The minimum Gasteiger partial charge on any atom is -0.294 e. The predicted octanol–water partition coefficient (Wildman–Crippen LogP) is 5.72. The Labute approximate surface area is 127 Å². The summed E-state index contributed by atoms with van der Waals surface area (Å²) in [5, 5.41) is 0.277. The van der Waals surface area contributed by atoms with Crippen molar-refractivity contribution in [3.8, 4) is 0 Å². The Morgan fingerprint density at radius 2 is 1.90 bits per heavy atom. The molecule has 0 saturated heterocycles. The van der Waals surface area contributed by atoms with E-state index < -0.39 is 0 Å². The maximum atomic E-state index is 11.3. The first-order chi connectivity index (χ1) is 9.51. The SMILES string of the molecule is C/C=C\C(C)=C(\CC)c1ccc(C(C)=O)c(Cl)n1.CC. The average Bonchev–Trinajstić information content (AvgIpc) is 2.42. The molecule has 3 heteroatoms. The largest absolute Gasteiger partial charge is 0.294 e. The second-order valence-corrected chi connectivity index (χ2v) is 4.46. The van der Waals surface area contributed by atoms with Crippen LogP contribution in [0.25, 0.3) is 5.57 Å². The number of nitrogens with zero attached hydrogens (tertiary/aromatic N) is 1. The molecule has 1 aromatic rings. The van der Waals surface area contributed by atoms with Crippen molar-refractivity contribution in [2.45, 2.75) is 48.0 Å². The molecular formula is C17H24ClNO. The third-order valence-electron chi connectivity index (χ3n) is 2.78. The van der Waals surface area contributed by atoms with E-state index in [0.29, 0.717) is 5.56 Å². The highest BCUT2D eigenvalue weighted by atomic mass is 35.5. The lowest BCUT2D eigenvalue weighted by molar-refractivity contribution is 0.101. The van der Waals surface area contributed by atoms with E-state index in [1.165, 1.54) is 12.5 Å².